The Hall–Kier alpha value is -3.37. The molecule has 27 heavy (non-hydrogen) atoms. The van der Waals surface area contributed by atoms with E-state index in [2.05, 4.69) is 10.3 Å². The lowest BCUT2D eigenvalue weighted by atomic mass is 10.3. The fourth-order valence-corrected chi connectivity index (χ4v) is 1.67. The first-order chi connectivity index (χ1) is 12.7. The maximum Gasteiger partial charge on any atom is 0.328 e. The van der Waals surface area contributed by atoms with Crippen molar-refractivity contribution < 1.29 is 14.3 Å². The number of para-hydroxylation sites is 2. The largest absolute Gasteiger partial charge is 0.423 e. The Bertz CT molecular complexity index is 781. The van der Waals surface area contributed by atoms with Crippen LogP contribution in [0.1, 0.15) is 13.3 Å². The third kappa shape index (κ3) is 7.59. The van der Waals surface area contributed by atoms with Crippen LogP contribution in [0.4, 0.5) is 23.0 Å². The number of carbonyl (C=O) groups excluding carboxylic acids is 2. The number of nitrogens with zero attached hydrogens (tertiary/aromatic N) is 1. The Kier molecular flexibility index (Phi) is 8.49. The summed E-state index contributed by atoms with van der Waals surface area (Å²) in [6.07, 6.45) is 0.256. The van der Waals surface area contributed by atoms with Crippen molar-refractivity contribution in [2.75, 3.05) is 29.1 Å². The lowest BCUT2D eigenvalue weighted by Gasteiger charge is -2.07. The minimum Gasteiger partial charge on any atom is -0.423 e. The summed E-state index contributed by atoms with van der Waals surface area (Å²) in [6.45, 7) is 1.86. The zero-order valence-electron chi connectivity index (χ0n) is 15.0. The van der Waals surface area contributed by atoms with Gasteiger partial charge in [0.15, 0.2) is 5.75 Å². The van der Waals surface area contributed by atoms with Crippen LogP contribution in [0.2, 0.25) is 0 Å². The molecule has 1 aromatic carbocycles. The highest BCUT2D eigenvalue weighted by Gasteiger charge is 2.11. The summed E-state index contributed by atoms with van der Waals surface area (Å²) < 4.78 is 4.92. The zero-order chi connectivity index (χ0) is 20.4. The van der Waals surface area contributed by atoms with Crippen LogP contribution in [0.15, 0.2) is 36.4 Å². The number of nitrogens with one attached hydrogen (secondary N) is 1. The average Bonchev–Trinajstić information content (AvgIpc) is 2.61. The van der Waals surface area contributed by atoms with E-state index < -0.39 is 12.0 Å². The molecular formula is C17H25N7O3. The highest BCUT2D eigenvalue weighted by atomic mass is 16.5. The maximum absolute atomic E-state index is 11.1. The van der Waals surface area contributed by atoms with Crippen LogP contribution in [-0.2, 0) is 9.59 Å². The highest BCUT2D eigenvalue weighted by Crippen LogP contribution is 2.19. The second-order valence-corrected chi connectivity index (χ2v) is 5.51. The molecule has 0 aliphatic carbocycles. The maximum atomic E-state index is 11.1. The second kappa shape index (κ2) is 10.6. The van der Waals surface area contributed by atoms with Gasteiger partial charge in [0, 0.05) is 13.0 Å². The molecule has 0 bridgehead atoms. The fraction of sp³-hybridized carbons (Fsp3) is 0.235. The zero-order valence-corrected chi connectivity index (χ0v) is 15.0. The summed E-state index contributed by atoms with van der Waals surface area (Å²) in [5.74, 6) is 0.262. The van der Waals surface area contributed by atoms with E-state index in [-0.39, 0.29) is 18.1 Å². The molecule has 146 valence electrons. The lowest BCUT2D eigenvalue weighted by molar-refractivity contribution is -0.135. The minimum absolute atomic E-state index is 0.191. The number of hydrogen-bond acceptors (Lipinski definition) is 9. The van der Waals surface area contributed by atoms with Gasteiger partial charge in [0.25, 0.3) is 0 Å². The van der Waals surface area contributed by atoms with Crippen molar-refractivity contribution in [3.8, 4) is 5.75 Å². The number of benzene rings is 1. The van der Waals surface area contributed by atoms with E-state index in [1.807, 2.05) is 0 Å². The number of nitrogen functional groups attached to an aromatic ring is 3. The van der Waals surface area contributed by atoms with Gasteiger partial charge in [-0.25, -0.2) is 9.78 Å². The number of esters is 1. The van der Waals surface area contributed by atoms with Crippen LogP contribution < -0.4 is 38.7 Å². The third-order valence-corrected chi connectivity index (χ3v) is 3.10. The first kappa shape index (κ1) is 21.7. The van der Waals surface area contributed by atoms with E-state index >= 15 is 0 Å². The molecular weight excluding hydrogens is 350 g/mol. The van der Waals surface area contributed by atoms with Gasteiger partial charge in [0.05, 0.1) is 11.4 Å². The summed E-state index contributed by atoms with van der Waals surface area (Å²) in [4.78, 5) is 26.0. The Morgan fingerprint density at radius 1 is 1.11 bits per heavy atom. The second-order valence-electron chi connectivity index (χ2n) is 5.51. The molecule has 1 amide bonds. The number of aromatic nitrogens is 1. The minimum atomic E-state index is -0.639. The number of pyridine rings is 1. The topological polar surface area (TPSA) is 198 Å². The van der Waals surface area contributed by atoms with Crippen molar-refractivity contribution in [3.05, 3.63) is 36.4 Å². The summed E-state index contributed by atoms with van der Waals surface area (Å²) in [5, 5.41) is 2.55. The molecule has 1 unspecified atom stereocenters. The molecule has 2 rings (SSSR count). The van der Waals surface area contributed by atoms with Crippen molar-refractivity contribution in [1.82, 2.24) is 4.98 Å². The van der Waals surface area contributed by atoms with Gasteiger partial charge in [0.1, 0.15) is 17.7 Å². The Balaban J connectivity index is 0.000000271. The van der Waals surface area contributed by atoms with Crippen molar-refractivity contribution in [2.45, 2.75) is 19.4 Å². The normalized spacial score (nSPS) is 10.9. The van der Waals surface area contributed by atoms with Crippen molar-refractivity contribution >= 4 is 34.9 Å². The van der Waals surface area contributed by atoms with Gasteiger partial charge in [-0.1, -0.05) is 12.1 Å². The smallest absolute Gasteiger partial charge is 0.328 e. The van der Waals surface area contributed by atoms with Crippen LogP contribution in [0.5, 0.6) is 5.75 Å². The molecule has 0 spiro atoms. The molecule has 0 aliphatic heterocycles. The molecule has 10 heteroatoms. The molecule has 2 aromatic rings. The van der Waals surface area contributed by atoms with Gasteiger partial charge in [0.2, 0.25) is 5.91 Å². The molecule has 1 aromatic heterocycles. The van der Waals surface area contributed by atoms with E-state index in [0.29, 0.717) is 29.5 Å². The SMILES string of the molecule is CC(N)C(=O)Oc1ccccc1N.NCCC(=O)Nc1ccc(N)c(N)n1. The predicted molar refractivity (Wildman–Crippen MR) is 106 cm³/mol. The van der Waals surface area contributed by atoms with Gasteiger partial charge in [-0.05, 0) is 31.2 Å². The van der Waals surface area contributed by atoms with E-state index in [1.165, 1.54) is 0 Å². The molecule has 11 N–H and O–H groups in total. The number of ether oxygens (including phenoxy) is 1. The van der Waals surface area contributed by atoms with Gasteiger partial charge in [-0.2, -0.15) is 0 Å². The number of anilines is 4. The highest BCUT2D eigenvalue weighted by molar-refractivity contribution is 5.90. The summed E-state index contributed by atoms with van der Waals surface area (Å²) >= 11 is 0. The number of rotatable bonds is 5. The van der Waals surface area contributed by atoms with Crippen molar-refractivity contribution in [2.24, 2.45) is 11.5 Å². The van der Waals surface area contributed by atoms with Crippen LogP contribution >= 0.6 is 0 Å². The van der Waals surface area contributed by atoms with E-state index in [0.717, 1.165) is 0 Å². The lowest BCUT2D eigenvalue weighted by Crippen LogP contribution is -2.31. The molecule has 0 aliphatic rings. The van der Waals surface area contributed by atoms with Crippen molar-refractivity contribution in [3.63, 3.8) is 0 Å². The van der Waals surface area contributed by atoms with Gasteiger partial charge in [-0.15, -0.1) is 0 Å². The average molecular weight is 375 g/mol. The molecule has 1 atom stereocenters. The van der Waals surface area contributed by atoms with E-state index in [4.69, 9.17) is 33.4 Å². The monoisotopic (exact) mass is 375 g/mol. The van der Waals surface area contributed by atoms with Gasteiger partial charge < -0.3 is 38.7 Å². The quantitative estimate of drug-likeness (QED) is 0.237. The van der Waals surface area contributed by atoms with Crippen LogP contribution in [0, 0.1) is 0 Å². The molecule has 0 saturated carbocycles. The van der Waals surface area contributed by atoms with E-state index in [1.54, 1.807) is 43.3 Å². The van der Waals surface area contributed by atoms with Crippen LogP contribution in [0.25, 0.3) is 0 Å². The van der Waals surface area contributed by atoms with Crippen molar-refractivity contribution in [1.29, 1.82) is 0 Å². The first-order valence-corrected chi connectivity index (χ1v) is 8.08. The molecule has 0 radical (unpaired) electrons. The van der Waals surface area contributed by atoms with Crippen LogP contribution in [-0.4, -0.2) is 29.4 Å². The van der Waals surface area contributed by atoms with Gasteiger partial charge in [-0.3, -0.25) is 4.79 Å². The number of nitrogens with two attached hydrogens (primary N) is 5. The molecule has 0 fully saturated rings. The Morgan fingerprint density at radius 3 is 2.33 bits per heavy atom. The summed E-state index contributed by atoms with van der Waals surface area (Å²) in [7, 11) is 0. The first-order valence-electron chi connectivity index (χ1n) is 8.08. The Labute approximate surface area is 157 Å². The summed E-state index contributed by atoms with van der Waals surface area (Å²) in [6, 6.07) is 9.30. The van der Waals surface area contributed by atoms with Gasteiger partial charge >= 0.3 is 5.97 Å². The fourth-order valence-electron chi connectivity index (χ4n) is 1.67. The Morgan fingerprint density at radius 2 is 1.78 bits per heavy atom. The number of hydrogen-bond donors (Lipinski definition) is 6. The molecule has 1 heterocycles. The predicted octanol–water partition coefficient (Wildman–Crippen LogP) is 0.0547. The van der Waals surface area contributed by atoms with E-state index in [9.17, 15) is 9.59 Å². The molecule has 10 nitrogen and oxygen atoms in total. The number of amides is 1. The molecule has 0 saturated heterocycles. The standard InChI is InChI=1S/C9H12N2O2.C8H13N5O/c1-6(10)9(12)13-8-5-3-2-4-7(8)11;9-4-3-7(14)12-6-2-1-5(10)8(11)13-6/h2-6H,10-11H2,1H3;1-2H,3-4,9-10H2,(H3,11,12,13,14). The van der Waals surface area contributed by atoms with Crippen LogP contribution in [0.3, 0.4) is 0 Å². The summed E-state index contributed by atoms with van der Waals surface area (Å²) in [5.41, 5.74) is 27.8. The third-order valence-electron chi connectivity index (χ3n) is 3.10. The number of carbonyl (C=O) groups is 2.